The van der Waals surface area contributed by atoms with E-state index in [1.807, 2.05) is 27.7 Å². The molecule has 3 rings (SSSR count). The fourth-order valence-electron chi connectivity index (χ4n) is 4.09. The van der Waals surface area contributed by atoms with Gasteiger partial charge in [-0.05, 0) is 88.7 Å². The van der Waals surface area contributed by atoms with Crippen molar-refractivity contribution in [2.75, 3.05) is 6.54 Å². The van der Waals surface area contributed by atoms with Crippen LogP contribution in [0.3, 0.4) is 0 Å². The fraction of sp³-hybridized carbons (Fsp3) is 0.517. The van der Waals surface area contributed by atoms with E-state index in [1.165, 1.54) is 27.6 Å². The average Bonchev–Trinajstić information content (AvgIpc) is 3.37. The van der Waals surface area contributed by atoms with E-state index >= 15 is 0 Å². The molecule has 5 heteroatoms. The van der Waals surface area contributed by atoms with Gasteiger partial charge in [0, 0.05) is 16.5 Å². The predicted molar refractivity (Wildman–Crippen MR) is 150 cm³/mol. The zero-order valence-electron chi connectivity index (χ0n) is 22.3. The molecular weight excluding hydrogens is 438 g/mol. The van der Waals surface area contributed by atoms with Crippen LogP contribution in [0.4, 0.5) is 0 Å². The smallest absolute Gasteiger partial charge is 0.256 e. The third kappa shape index (κ3) is 6.45. The summed E-state index contributed by atoms with van der Waals surface area (Å²) in [6.45, 7) is 17.2. The summed E-state index contributed by atoms with van der Waals surface area (Å²) in [5.41, 5.74) is 11.4. The molecule has 3 N–H and O–H groups in total. The summed E-state index contributed by atoms with van der Waals surface area (Å²) >= 11 is 1.65. The van der Waals surface area contributed by atoms with Crippen molar-refractivity contribution in [1.82, 2.24) is 4.98 Å². The number of hydrogen-bond donors (Lipinski definition) is 2. The van der Waals surface area contributed by atoms with Gasteiger partial charge in [-0.2, -0.15) is 0 Å². The van der Waals surface area contributed by atoms with Crippen LogP contribution in [0, 0.1) is 19.8 Å². The summed E-state index contributed by atoms with van der Waals surface area (Å²) in [5.74, 6) is 0.579. The SMILES string of the molecule is CC.CCC(C)CCC=NC(=O)C(C)(C)c1cc2c(CCN)c(-c3cc(C)cc(C)c3)[nH]c2s1. The maximum Gasteiger partial charge on any atom is 0.256 e. The number of carbonyl (C=O) groups excluding carboxylic acids is 1. The molecule has 0 aliphatic heterocycles. The zero-order valence-corrected chi connectivity index (χ0v) is 23.2. The minimum atomic E-state index is -0.655. The van der Waals surface area contributed by atoms with E-state index in [4.69, 9.17) is 5.73 Å². The van der Waals surface area contributed by atoms with Gasteiger partial charge in [0.1, 0.15) is 4.83 Å². The first-order chi connectivity index (χ1) is 16.2. The Morgan fingerprint density at radius 1 is 1.18 bits per heavy atom. The molecule has 3 aromatic rings. The first-order valence-electron chi connectivity index (χ1n) is 12.7. The number of rotatable bonds is 9. The molecule has 1 unspecified atom stereocenters. The van der Waals surface area contributed by atoms with Crippen LogP contribution in [0.1, 0.15) is 82.4 Å². The number of amides is 1. The Morgan fingerprint density at radius 3 is 2.41 bits per heavy atom. The molecule has 0 spiro atoms. The van der Waals surface area contributed by atoms with Gasteiger partial charge in [-0.3, -0.25) is 4.79 Å². The maximum absolute atomic E-state index is 12.9. The molecular formula is C29H43N3OS. The van der Waals surface area contributed by atoms with E-state index < -0.39 is 5.41 Å². The highest BCUT2D eigenvalue weighted by Crippen LogP contribution is 2.40. The van der Waals surface area contributed by atoms with Gasteiger partial charge in [0.25, 0.3) is 5.91 Å². The molecule has 4 nitrogen and oxygen atoms in total. The summed E-state index contributed by atoms with van der Waals surface area (Å²) in [5, 5.41) is 1.17. The lowest BCUT2D eigenvalue weighted by Crippen LogP contribution is -2.26. The summed E-state index contributed by atoms with van der Waals surface area (Å²) in [7, 11) is 0. The van der Waals surface area contributed by atoms with Crippen molar-refractivity contribution in [1.29, 1.82) is 0 Å². The normalized spacial score (nSPS) is 12.7. The molecule has 0 radical (unpaired) electrons. The molecule has 0 fully saturated rings. The second-order valence-electron chi connectivity index (χ2n) is 9.58. The van der Waals surface area contributed by atoms with Gasteiger partial charge < -0.3 is 10.7 Å². The van der Waals surface area contributed by atoms with E-state index in [0.717, 1.165) is 41.1 Å². The first kappa shape index (κ1) is 28.0. The number of fused-ring (bicyclic) bond motifs is 1. The first-order valence-corrected chi connectivity index (χ1v) is 13.5. The van der Waals surface area contributed by atoms with E-state index in [-0.39, 0.29) is 5.91 Å². The highest BCUT2D eigenvalue weighted by atomic mass is 32.1. The average molecular weight is 482 g/mol. The monoisotopic (exact) mass is 481 g/mol. The van der Waals surface area contributed by atoms with Gasteiger partial charge in [0.15, 0.2) is 0 Å². The van der Waals surface area contributed by atoms with Crippen LogP contribution < -0.4 is 5.73 Å². The highest BCUT2D eigenvalue weighted by Gasteiger charge is 2.32. The molecule has 1 atom stereocenters. The van der Waals surface area contributed by atoms with Crippen molar-refractivity contribution in [2.45, 2.75) is 86.5 Å². The molecule has 0 saturated heterocycles. The van der Waals surface area contributed by atoms with Crippen molar-refractivity contribution in [3.8, 4) is 11.3 Å². The number of aryl methyl sites for hydroxylation is 2. The van der Waals surface area contributed by atoms with Gasteiger partial charge in [-0.25, -0.2) is 4.99 Å². The molecule has 0 bridgehead atoms. The Labute approximate surface area is 210 Å². The van der Waals surface area contributed by atoms with Crippen LogP contribution in [0.2, 0.25) is 0 Å². The third-order valence-electron chi connectivity index (χ3n) is 6.35. The maximum atomic E-state index is 12.9. The lowest BCUT2D eigenvalue weighted by Gasteiger charge is -2.18. The molecule has 34 heavy (non-hydrogen) atoms. The van der Waals surface area contributed by atoms with E-state index in [2.05, 4.69) is 61.9 Å². The Balaban J connectivity index is 0.00000199. The third-order valence-corrected chi connectivity index (χ3v) is 7.72. The minimum absolute atomic E-state index is 0.0829. The van der Waals surface area contributed by atoms with Crippen LogP contribution in [-0.2, 0) is 16.6 Å². The predicted octanol–water partition coefficient (Wildman–Crippen LogP) is 7.74. The number of thiophene rings is 1. The van der Waals surface area contributed by atoms with Gasteiger partial charge in [0.05, 0.1) is 11.1 Å². The van der Waals surface area contributed by atoms with Crippen LogP contribution in [-0.4, -0.2) is 23.7 Å². The van der Waals surface area contributed by atoms with Crippen molar-refractivity contribution < 1.29 is 4.79 Å². The highest BCUT2D eigenvalue weighted by molar-refractivity contribution is 7.19. The Kier molecular flexibility index (Phi) is 10.3. The number of nitrogens with zero attached hydrogens (tertiary/aromatic N) is 1. The number of aromatic amines is 1. The number of carbonyl (C=O) groups is 1. The van der Waals surface area contributed by atoms with Crippen molar-refractivity contribution in [3.63, 3.8) is 0 Å². The quantitative estimate of drug-likeness (QED) is 0.307. The van der Waals surface area contributed by atoms with E-state index in [1.54, 1.807) is 17.6 Å². The summed E-state index contributed by atoms with van der Waals surface area (Å²) < 4.78 is 0. The topological polar surface area (TPSA) is 71.2 Å². The van der Waals surface area contributed by atoms with Crippen molar-refractivity contribution >= 4 is 33.7 Å². The molecule has 0 aliphatic carbocycles. The van der Waals surface area contributed by atoms with Crippen LogP contribution in [0.5, 0.6) is 0 Å². The van der Waals surface area contributed by atoms with E-state index in [9.17, 15) is 4.79 Å². The minimum Gasteiger partial charge on any atom is -0.346 e. The second-order valence-corrected chi connectivity index (χ2v) is 10.6. The molecule has 0 saturated carbocycles. The summed E-state index contributed by atoms with van der Waals surface area (Å²) in [6.07, 6.45) is 5.67. The number of nitrogens with one attached hydrogen (secondary N) is 1. The van der Waals surface area contributed by atoms with Crippen LogP contribution in [0.25, 0.3) is 21.5 Å². The Bertz CT molecular complexity index is 1100. The van der Waals surface area contributed by atoms with Crippen molar-refractivity contribution in [3.05, 3.63) is 45.8 Å². The van der Waals surface area contributed by atoms with E-state index in [0.29, 0.717) is 12.5 Å². The Hall–Kier alpha value is -2.24. The lowest BCUT2D eigenvalue weighted by molar-refractivity contribution is -0.122. The molecule has 0 aliphatic rings. The number of nitrogens with two attached hydrogens (primary N) is 1. The molecule has 1 aromatic carbocycles. The molecule has 186 valence electrons. The lowest BCUT2D eigenvalue weighted by atomic mass is 9.90. The number of benzene rings is 1. The summed E-state index contributed by atoms with van der Waals surface area (Å²) in [6, 6.07) is 8.78. The molecule has 2 heterocycles. The number of hydrogen-bond acceptors (Lipinski definition) is 3. The zero-order chi connectivity index (χ0) is 25.5. The fourth-order valence-corrected chi connectivity index (χ4v) is 5.27. The van der Waals surface area contributed by atoms with Gasteiger partial charge in [-0.1, -0.05) is 51.3 Å². The van der Waals surface area contributed by atoms with Gasteiger partial charge in [-0.15, -0.1) is 11.3 Å². The molecule has 2 aromatic heterocycles. The molecule has 1 amide bonds. The standard InChI is InChI=1S/C27H37N3OS.C2H6/c1-7-17(2)9-8-12-29-26(31)27(5,6)23-16-22-21(10-11-28)24(30-25(22)32-23)20-14-18(3)13-19(4)15-20;1-2/h12-17,30H,7-11,28H2,1-6H3;1-2H3. The largest absolute Gasteiger partial charge is 0.346 e. The van der Waals surface area contributed by atoms with Crippen LogP contribution in [0.15, 0.2) is 29.3 Å². The van der Waals surface area contributed by atoms with Gasteiger partial charge in [0.2, 0.25) is 0 Å². The number of aromatic nitrogens is 1. The van der Waals surface area contributed by atoms with Crippen LogP contribution >= 0.6 is 11.3 Å². The number of aliphatic imine (C=N–C) groups is 1. The van der Waals surface area contributed by atoms with Crippen molar-refractivity contribution in [2.24, 2.45) is 16.6 Å². The second kappa shape index (κ2) is 12.5. The Morgan fingerprint density at radius 2 is 1.82 bits per heavy atom. The number of H-pyrrole nitrogens is 1. The summed E-state index contributed by atoms with van der Waals surface area (Å²) in [4.78, 5) is 23.0. The van der Waals surface area contributed by atoms with Gasteiger partial charge >= 0.3 is 0 Å².